The first-order valence-electron chi connectivity index (χ1n) is 14.3. The Kier molecular flexibility index (Phi) is 10.3. The average Bonchev–Trinajstić information content (AvgIpc) is 3.59. The number of carboxylic acid groups (broad SMARTS) is 2. The standard InChI is InChI=1S/C32H37NO9S/c1-5-20-14-28-21(15-29(43-28)24(34)9-18(2)31(36)37)11-25(20)41-7-6-8-42-27-13-23-17-33(16-22(23)12-26(27)40-4)30(35)10-19(3)32(38)39/h11-15,18-19H,5-10,16-17H2,1-4H3,(H,36,37)(H,38,39). The second-order valence-corrected chi connectivity index (χ2v) is 11.9. The van der Waals surface area contributed by atoms with E-state index in [9.17, 15) is 19.2 Å². The zero-order valence-corrected chi connectivity index (χ0v) is 25.6. The lowest BCUT2D eigenvalue weighted by molar-refractivity contribution is -0.145. The number of hydrogen-bond acceptors (Lipinski definition) is 8. The summed E-state index contributed by atoms with van der Waals surface area (Å²) in [5, 5.41) is 19.1. The van der Waals surface area contributed by atoms with E-state index in [4.69, 9.17) is 24.4 Å². The van der Waals surface area contributed by atoms with Crippen LogP contribution in [0.4, 0.5) is 0 Å². The Balaban J connectivity index is 1.34. The first-order chi connectivity index (χ1) is 20.5. The number of ether oxygens (including phenoxy) is 3. The van der Waals surface area contributed by atoms with E-state index in [0.717, 1.165) is 38.9 Å². The first-order valence-corrected chi connectivity index (χ1v) is 15.1. The minimum absolute atomic E-state index is 0.0381. The summed E-state index contributed by atoms with van der Waals surface area (Å²) < 4.78 is 18.6. The fraction of sp³-hybridized carbons (Fsp3) is 0.438. The molecule has 0 saturated carbocycles. The highest BCUT2D eigenvalue weighted by Gasteiger charge is 2.28. The number of thiophene rings is 1. The van der Waals surface area contributed by atoms with E-state index in [1.807, 2.05) is 31.2 Å². The maximum Gasteiger partial charge on any atom is 0.306 e. The van der Waals surface area contributed by atoms with Gasteiger partial charge in [-0.15, -0.1) is 11.3 Å². The second-order valence-electron chi connectivity index (χ2n) is 10.8. The monoisotopic (exact) mass is 611 g/mol. The van der Waals surface area contributed by atoms with Crippen LogP contribution in [0.3, 0.4) is 0 Å². The lowest BCUT2D eigenvalue weighted by Crippen LogP contribution is -2.28. The van der Waals surface area contributed by atoms with E-state index >= 15 is 0 Å². The number of hydrogen-bond donors (Lipinski definition) is 2. The Morgan fingerprint density at radius 2 is 1.47 bits per heavy atom. The third-order valence-electron chi connectivity index (χ3n) is 7.54. The van der Waals surface area contributed by atoms with Crippen LogP contribution in [-0.4, -0.2) is 59.1 Å². The van der Waals surface area contributed by atoms with Gasteiger partial charge >= 0.3 is 11.9 Å². The molecule has 43 heavy (non-hydrogen) atoms. The SMILES string of the molecule is CCc1cc2sc(C(=O)CC(C)C(=O)O)cc2cc1OCCCOc1cc2c(cc1OC)CN(C(=O)CC(C)C(=O)O)C2. The molecule has 0 bridgehead atoms. The second kappa shape index (κ2) is 13.9. The molecule has 230 valence electrons. The zero-order chi connectivity index (χ0) is 31.3. The number of carboxylic acids is 2. The molecule has 2 heterocycles. The number of methoxy groups -OCH3 is 1. The van der Waals surface area contributed by atoms with Crippen molar-refractivity contribution in [3.05, 3.63) is 51.9 Å². The third-order valence-corrected chi connectivity index (χ3v) is 8.67. The Hall–Kier alpha value is -4.12. The van der Waals surface area contributed by atoms with E-state index in [-0.39, 0.29) is 24.5 Å². The van der Waals surface area contributed by atoms with Crippen molar-refractivity contribution in [2.75, 3.05) is 20.3 Å². The van der Waals surface area contributed by atoms with Gasteiger partial charge in [-0.1, -0.05) is 20.8 Å². The molecule has 11 heteroatoms. The molecule has 0 saturated heterocycles. The van der Waals surface area contributed by atoms with Crippen LogP contribution < -0.4 is 14.2 Å². The molecule has 2 aromatic carbocycles. The molecule has 1 aliphatic rings. The third kappa shape index (κ3) is 7.64. The zero-order valence-electron chi connectivity index (χ0n) is 24.8. The Labute approximate surface area is 254 Å². The van der Waals surface area contributed by atoms with Crippen molar-refractivity contribution in [1.29, 1.82) is 0 Å². The topological polar surface area (TPSA) is 140 Å². The Morgan fingerprint density at radius 3 is 2.07 bits per heavy atom. The molecule has 0 spiro atoms. The molecule has 1 aromatic heterocycles. The van der Waals surface area contributed by atoms with E-state index in [2.05, 4.69) is 0 Å². The molecule has 1 amide bonds. The lowest BCUT2D eigenvalue weighted by atomic mass is 10.0. The highest BCUT2D eigenvalue weighted by molar-refractivity contribution is 7.20. The minimum Gasteiger partial charge on any atom is -0.493 e. The van der Waals surface area contributed by atoms with Crippen molar-refractivity contribution in [3.8, 4) is 17.2 Å². The summed E-state index contributed by atoms with van der Waals surface area (Å²) in [6.07, 6.45) is 1.26. The highest BCUT2D eigenvalue weighted by Crippen LogP contribution is 2.36. The number of ketones is 1. The molecule has 2 atom stereocenters. The van der Waals surface area contributed by atoms with E-state index in [1.165, 1.54) is 25.2 Å². The van der Waals surface area contributed by atoms with Crippen LogP contribution in [0.5, 0.6) is 17.2 Å². The number of aryl methyl sites for hydroxylation is 1. The number of carbonyl (C=O) groups is 4. The van der Waals surface area contributed by atoms with Crippen LogP contribution in [0, 0.1) is 11.8 Å². The van der Waals surface area contributed by atoms with Crippen LogP contribution in [0.2, 0.25) is 0 Å². The predicted octanol–water partition coefficient (Wildman–Crippen LogP) is 5.57. The first kappa shape index (κ1) is 31.8. The summed E-state index contributed by atoms with van der Waals surface area (Å²) in [7, 11) is 1.56. The number of aliphatic carboxylic acids is 2. The van der Waals surface area contributed by atoms with Crippen LogP contribution in [0.25, 0.3) is 10.1 Å². The molecular weight excluding hydrogens is 574 g/mol. The van der Waals surface area contributed by atoms with Crippen molar-refractivity contribution < 1.29 is 43.6 Å². The van der Waals surface area contributed by atoms with Gasteiger partial charge in [0, 0.05) is 37.1 Å². The number of amides is 1. The fourth-order valence-corrected chi connectivity index (χ4v) is 5.93. The van der Waals surface area contributed by atoms with Gasteiger partial charge in [0.05, 0.1) is 37.0 Å². The molecule has 0 aliphatic carbocycles. The molecule has 10 nitrogen and oxygen atoms in total. The molecule has 1 aliphatic heterocycles. The summed E-state index contributed by atoms with van der Waals surface area (Å²) in [6, 6.07) is 9.48. The van der Waals surface area contributed by atoms with Crippen LogP contribution in [-0.2, 0) is 33.9 Å². The van der Waals surface area contributed by atoms with Gasteiger partial charge in [0.1, 0.15) is 5.75 Å². The lowest BCUT2D eigenvalue weighted by Gasteiger charge is -2.16. The van der Waals surface area contributed by atoms with Crippen molar-refractivity contribution >= 4 is 45.1 Å². The molecule has 0 fully saturated rings. The number of fused-ring (bicyclic) bond motifs is 2. The van der Waals surface area contributed by atoms with Gasteiger partial charge < -0.3 is 29.3 Å². The number of carbonyl (C=O) groups excluding carboxylic acids is 2. The Morgan fingerprint density at radius 1 is 0.860 bits per heavy atom. The summed E-state index contributed by atoms with van der Waals surface area (Å²) in [4.78, 5) is 49.7. The van der Waals surface area contributed by atoms with Crippen LogP contribution in [0.1, 0.15) is 66.4 Å². The maximum absolute atomic E-state index is 12.6. The summed E-state index contributed by atoms with van der Waals surface area (Å²) >= 11 is 1.37. The minimum atomic E-state index is -0.991. The van der Waals surface area contributed by atoms with Gasteiger partial charge in [-0.25, -0.2) is 0 Å². The van der Waals surface area contributed by atoms with Crippen LogP contribution in [0.15, 0.2) is 30.3 Å². The normalized spacial score (nSPS) is 13.8. The highest BCUT2D eigenvalue weighted by atomic mass is 32.1. The molecule has 4 rings (SSSR count). The van der Waals surface area contributed by atoms with Gasteiger partial charge in [0.2, 0.25) is 5.91 Å². The number of rotatable bonds is 15. The van der Waals surface area contributed by atoms with Crippen molar-refractivity contribution in [1.82, 2.24) is 4.90 Å². The van der Waals surface area contributed by atoms with E-state index in [0.29, 0.717) is 49.1 Å². The predicted molar refractivity (Wildman–Crippen MR) is 161 cm³/mol. The summed E-state index contributed by atoms with van der Waals surface area (Å²) in [6.45, 7) is 6.65. The van der Waals surface area contributed by atoms with Gasteiger partial charge in [-0.05, 0) is 58.8 Å². The van der Waals surface area contributed by atoms with Crippen LogP contribution >= 0.6 is 11.3 Å². The number of nitrogens with zero attached hydrogens (tertiary/aromatic N) is 1. The average molecular weight is 612 g/mol. The summed E-state index contributed by atoms with van der Waals surface area (Å²) in [5.74, 6) is -1.97. The largest absolute Gasteiger partial charge is 0.493 e. The van der Waals surface area contributed by atoms with E-state index in [1.54, 1.807) is 18.1 Å². The number of benzene rings is 2. The maximum atomic E-state index is 12.6. The van der Waals surface area contributed by atoms with Gasteiger partial charge in [0.25, 0.3) is 0 Å². The Bertz CT molecular complexity index is 1530. The summed E-state index contributed by atoms with van der Waals surface area (Å²) in [5.41, 5.74) is 2.90. The van der Waals surface area contributed by atoms with Gasteiger partial charge in [-0.3, -0.25) is 19.2 Å². The van der Waals surface area contributed by atoms with Gasteiger partial charge in [0.15, 0.2) is 17.3 Å². The molecule has 3 aromatic rings. The molecule has 0 radical (unpaired) electrons. The quantitative estimate of drug-likeness (QED) is 0.167. The van der Waals surface area contributed by atoms with Crippen molar-refractivity contribution in [2.24, 2.45) is 11.8 Å². The smallest absolute Gasteiger partial charge is 0.306 e. The van der Waals surface area contributed by atoms with Crippen molar-refractivity contribution in [2.45, 2.75) is 59.5 Å². The fourth-order valence-electron chi connectivity index (χ4n) is 4.88. The van der Waals surface area contributed by atoms with Gasteiger partial charge in [-0.2, -0.15) is 0 Å². The molecule has 2 N–H and O–H groups in total. The van der Waals surface area contributed by atoms with E-state index < -0.39 is 23.8 Å². The van der Waals surface area contributed by atoms with Crippen molar-refractivity contribution in [3.63, 3.8) is 0 Å². The number of Topliss-reactive ketones (excluding diaryl/α,β-unsaturated/α-hetero) is 1. The molecule has 2 unspecified atom stereocenters. The molecular formula is C32H37NO9S.